The van der Waals surface area contributed by atoms with Crippen molar-refractivity contribution in [3.8, 4) is 11.3 Å². The van der Waals surface area contributed by atoms with E-state index in [1.807, 2.05) is 31.2 Å². The van der Waals surface area contributed by atoms with E-state index in [2.05, 4.69) is 20.1 Å². The summed E-state index contributed by atoms with van der Waals surface area (Å²) in [6.45, 7) is 3.80. The Bertz CT molecular complexity index is 1680. The van der Waals surface area contributed by atoms with E-state index >= 15 is 0 Å². The number of aromatic amines is 1. The van der Waals surface area contributed by atoms with Gasteiger partial charge in [0.2, 0.25) is 0 Å². The second-order valence-electron chi connectivity index (χ2n) is 10.1. The predicted octanol–water partition coefficient (Wildman–Crippen LogP) is 4.51. The highest BCUT2D eigenvalue weighted by atomic mass is 19.1. The molecule has 1 saturated carbocycles. The molecule has 2 fully saturated rings. The van der Waals surface area contributed by atoms with E-state index in [0.29, 0.717) is 40.2 Å². The van der Waals surface area contributed by atoms with E-state index in [1.165, 1.54) is 12.1 Å². The molecular formula is C28H25F2N7. The molecule has 2 aliphatic rings. The summed E-state index contributed by atoms with van der Waals surface area (Å²) in [5.74, 6) is 0.820. The molecule has 3 N–H and O–H groups in total. The maximum Gasteiger partial charge on any atom is 0.177 e. The third-order valence-electron chi connectivity index (χ3n) is 8.32. The molecule has 7 rings (SSSR count). The number of fused-ring (bicyclic) bond motifs is 3. The van der Waals surface area contributed by atoms with Crippen LogP contribution in [0.4, 0.5) is 14.6 Å². The Hall–Kier alpha value is -3.98. The Balaban J connectivity index is 1.21. The van der Waals surface area contributed by atoms with Gasteiger partial charge in [0.1, 0.15) is 34.2 Å². The number of rotatable bonds is 4. The summed E-state index contributed by atoms with van der Waals surface area (Å²) >= 11 is 0. The molecule has 7 nitrogen and oxygen atoms in total. The number of nitrogens with two attached hydrogens (primary N) is 1. The highest BCUT2D eigenvalue weighted by Crippen LogP contribution is 2.63. The van der Waals surface area contributed by atoms with E-state index < -0.39 is 0 Å². The minimum Gasteiger partial charge on any atom is -0.355 e. The quantitative estimate of drug-likeness (QED) is 0.379. The van der Waals surface area contributed by atoms with Gasteiger partial charge >= 0.3 is 0 Å². The molecule has 0 unspecified atom stereocenters. The van der Waals surface area contributed by atoms with Crippen LogP contribution in [0.3, 0.4) is 0 Å². The van der Waals surface area contributed by atoms with E-state index in [1.54, 1.807) is 18.3 Å². The van der Waals surface area contributed by atoms with Crippen molar-refractivity contribution in [2.75, 3.05) is 24.5 Å². The molecule has 4 heterocycles. The lowest BCUT2D eigenvalue weighted by Crippen LogP contribution is -2.32. The van der Waals surface area contributed by atoms with Crippen LogP contribution in [-0.2, 0) is 5.41 Å². The van der Waals surface area contributed by atoms with Crippen molar-refractivity contribution in [2.45, 2.75) is 18.8 Å². The van der Waals surface area contributed by atoms with Crippen molar-refractivity contribution in [3.63, 3.8) is 0 Å². The van der Waals surface area contributed by atoms with Crippen molar-refractivity contribution >= 4 is 27.9 Å². The van der Waals surface area contributed by atoms with E-state index in [4.69, 9.17) is 15.7 Å². The van der Waals surface area contributed by atoms with Crippen LogP contribution < -0.4 is 10.6 Å². The number of halogens is 2. The average Bonchev–Trinajstić information content (AvgIpc) is 3.38. The van der Waals surface area contributed by atoms with Crippen LogP contribution in [0.15, 0.2) is 54.7 Å². The molecule has 3 atom stereocenters. The van der Waals surface area contributed by atoms with Gasteiger partial charge in [-0.05, 0) is 55.0 Å². The molecule has 186 valence electrons. The lowest BCUT2D eigenvalue weighted by molar-refractivity contribution is 0.533. The Morgan fingerprint density at radius 1 is 1.03 bits per heavy atom. The molecule has 5 aromatic rings. The zero-order valence-corrected chi connectivity index (χ0v) is 20.2. The summed E-state index contributed by atoms with van der Waals surface area (Å²) in [5, 5.41) is 8.16. The Kier molecular flexibility index (Phi) is 4.81. The maximum absolute atomic E-state index is 14.7. The molecule has 37 heavy (non-hydrogen) atoms. The summed E-state index contributed by atoms with van der Waals surface area (Å²) in [7, 11) is 0. The van der Waals surface area contributed by atoms with Crippen LogP contribution >= 0.6 is 0 Å². The predicted molar refractivity (Wildman–Crippen MR) is 138 cm³/mol. The van der Waals surface area contributed by atoms with Crippen LogP contribution in [0, 0.1) is 30.4 Å². The van der Waals surface area contributed by atoms with Gasteiger partial charge in [-0.3, -0.25) is 10.1 Å². The van der Waals surface area contributed by atoms with E-state index in [9.17, 15) is 8.78 Å². The molecule has 0 spiro atoms. The molecule has 9 heteroatoms. The van der Waals surface area contributed by atoms with Crippen molar-refractivity contribution in [2.24, 2.45) is 17.6 Å². The molecule has 0 amide bonds. The first-order chi connectivity index (χ1) is 18.0. The number of aromatic nitrogens is 5. The lowest BCUT2D eigenvalue weighted by Gasteiger charge is -2.26. The topological polar surface area (TPSA) is 96.6 Å². The van der Waals surface area contributed by atoms with Gasteiger partial charge in [0.15, 0.2) is 5.65 Å². The fourth-order valence-corrected chi connectivity index (χ4v) is 6.46. The van der Waals surface area contributed by atoms with Gasteiger partial charge < -0.3 is 10.6 Å². The lowest BCUT2D eigenvalue weighted by atomic mass is 9.91. The van der Waals surface area contributed by atoms with Gasteiger partial charge in [-0.15, -0.1) is 0 Å². The van der Waals surface area contributed by atoms with Crippen molar-refractivity contribution in [1.82, 2.24) is 25.1 Å². The summed E-state index contributed by atoms with van der Waals surface area (Å²) in [6.07, 6.45) is 2.67. The smallest absolute Gasteiger partial charge is 0.177 e. The number of aryl methyl sites for hydroxylation is 1. The largest absolute Gasteiger partial charge is 0.355 e. The Labute approximate surface area is 211 Å². The second-order valence-corrected chi connectivity index (χ2v) is 10.1. The van der Waals surface area contributed by atoms with Gasteiger partial charge in [0.25, 0.3) is 0 Å². The number of piperidine rings is 1. The first kappa shape index (κ1) is 22.2. The van der Waals surface area contributed by atoms with Crippen LogP contribution in [0.5, 0.6) is 0 Å². The number of pyridine rings is 1. The van der Waals surface area contributed by atoms with Crippen LogP contribution in [-0.4, -0.2) is 44.8 Å². The normalized spacial score (nSPS) is 23.0. The summed E-state index contributed by atoms with van der Waals surface area (Å²) < 4.78 is 29.2. The summed E-state index contributed by atoms with van der Waals surface area (Å²) in [5.41, 5.74) is 10.2. The third-order valence-corrected chi connectivity index (χ3v) is 8.32. The zero-order valence-electron chi connectivity index (χ0n) is 20.2. The highest BCUT2D eigenvalue weighted by Gasteiger charge is 2.66. The molecule has 0 bridgehead atoms. The van der Waals surface area contributed by atoms with Gasteiger partial charge in [0, 0.05) is 41.7 Å². The van der Waals surface area contributed by atoms with Gasteiger partial charge in [-0.25, -0.2) is 18.7 Å². The third kappa shape index (κ3) is 3.20. The first-order valence-electron chi connectivity index (χ1n) is 12.5. The number of H-pyrrole nitrogens is 1. The SMILES string of the molecule is Cc1ccc2c(-c3n[nH]c4nc(N5CC[C@@H]6[C@H](C5)[C@@]6(CN)c5ccccc5F)cnc34)ccc(F)c2n1. The molecule has 1 aliphatic heterocycles. The van der Waals surface area contributed by atoms with Crippen LogP contribution in [0.2, 0.25) is 0 Å². The molecule has 1 aliphatic carbocycles. The number of benzene rings is 2. The van der Waals surface area contributed by atoms with Crippen LogP contribution in [0.1, 0.15) is 17.7 Å². The van der Waals surface area contributed by atoms with E-state index in [0.717, 1.165) is 42.1 Å². The van der Waals surface area contributed by atoms with Gasteiger partial charge in [0.05, 0.1) is 6.20 Å². The number of nitrogens with one attached hydrogen (secondary N) is 1. The molecule has 2 aromatic carbocycles. The van der Waals surface area contributed by atoms with Crippen molar-refractivity contribution in [3.05, 3.63) is 77.6 Å². The van der Waals surface area contributed by atoms with Gasteiger partial charge in [-0.2, -0.15) is 5.10 Å². The number of hydrogen-bond acceptors (Lipinski definition) is 6. The average molecular weight is 498 g/mol. The number of anilines is 1. The monoisotopic (exact) mass is 497 g/mol. The summed E-state index contributed by atoms with van der Waals surface area (Å²) in [4.78, 5) is 16.1. The molecule has 3 aromatic heterocycles. The molecular weight excluding hydrogens is 472 g/mol. The summed E-state index contributed by atoms with van der Waals surface area (Å²) in [6, 6.07) is 13.8. The Morgan fingerprint density at radius 2 is 1.89 bits per heavy atom. The van der Waals surface area contributed by atoms with Crippen molar-refractivity contribution in [1.29, 1.82) is 0 Å². The van der Waals surface area contributed by atoms with Gasteiger partial charge in [-0.1, -0.05) is 24.3 Å². The maximum atomic E-state index is 14.7. The minimum absolute atomic E-state index is 0.182. The fourth-order valence-electron chi connectivity index (χ4n) is 6.46. The fraction of sp³-hybridized carbons (Fsp3) is 0.286. The number of hydrogen-bond donors (Lipinski definition) is 2. The standard InChI is InChI=1S/C28H25F2N7/c1-15-6-7-16-17(8-9-22(30)24(16)33-15)25-26-27(36-35-25)34-23(12-32-26)37-11-10-18-20(13-37)28(18,14-31)19-4-2-3-5-21(19)29/h2-9,12,18,20H,10-11,13-14,31H2,1H3,(H,34,35,36)/t18-,20+,28-/m1/s1. The highest BCUT2D eigenvalue weighted by molar-refractivity contribution is 6.00. The number of nitrogens with zero attached hydrogens (tertiary/aromatic N) is 5. The van der Waals surface area contributed by atoms with Crippen LogP contribution in [0.25, 0.3) is 33.3 Å². The van der Waals surface area contributed by atoms with E-state index in [-0.39, 0.29) is 23.0 Å². The second kappa shape index (κ2) is 8.01. The van der Waals surface area contributed by atoms with Crippen molar-refractivity contribution < 1.29 is 8.78 Å². The molecule has 1 saturated heterocycles. The molecule has 0 radical (unpaired) electrons. The zero-order chi connectivity index (χ0) is 25.3. The first-order valence-corrected chi connectivity index (χ1v) is 12.5. The minimum atomic E-state index is -0.372. The Morgan fingerprint density at radius 3 is 2.73 bits per heavy atom.